The first-order valence-electron chi connectivity index (χ1n) is 6.84. The summed E-state index contributed by atoms with van der Waals surface area (Å²) in [5.74, 6) is -1.45. The maximum absolute atomic E-state index is 12.7. The molecule has 0 aliphatic rings. The predicted molar refractivity (Wildman–Crippen MR) is 88.3 cm³/mol. The molecule has 0 aliphatic carbocycles. The Morgan fingerprint density at radius 3 is 2.54 bits per heavy atom. The third-order valence-electron chi connectivity index (χ3n) is 3.32. The molecule has 24 heavy (non-hydrogen) atoms. The average Bonchev–Trinajstić information content (AvgIpc) is 3.05. The summed E-state index contributed by atoms with van der Waals surface area (Å²) in [5, 5.41) is 21.7. The van der Waals surface area contributed by atoms with Crippen molar-refractivity contribution in [3.63, 3.8) is 0 Å². The molecule has 0 spiro atoms. The third kappa shape index (κ3) is 3.13. The van der Waals surface area contributed by atoms with Crippen LogP contribution in [0.3, 0.4) is 0 Å². The Labute approximate surface area is 147 Å². The first-order chi connectivity index (χ1) is 11.6. The molecule has 118 valence electrons. The highest BCUT2D eigenvalue weighted by atomic mass is 35.5. The van der Waals surface area contributed by atoms with E-state index in [1.165, 1.54) is 10.7 Å². The molecular weight excluding hydrogens is 349 g/mol. The topological polar surface area (TPSA) is 84.5 Å². The Balaban J connectivity index is 2.01. The van der Waals surface area contributed by atoms with Gasteiger partial charge < -0.3 is 0 Å². The maximum atomic E-state index is 12.7. The molecule has 0 unspecified atom stereocenters. The SMILES string of the molecule is N#C[C@H](C(=O)c1cccc(Cl)c1)c1nnnn1-c1ccc(Cl)cc1. The van der Waals surface area contributed by atoms with Gasteiger partial charge in [-0.05, 0) is 46.8 Å². The smallest absolute Gasteiger partial charge is 0.187 e. The number of nitrogens with zero attached hydrogens (tertiary/aromatic N) is 5. The quantitative estimate of drug-likeness (QED) is 0.667. The highest BCUT2D eigenvalue weighted by Gasteiger charge is 2.28. The summed E-state index contributed by atoms with van der Waals surface area (Å²) in [6.45, 7) is 0. The number of benzene rings is 2. The molecule has 0 saturated heterocycles. The van der Waals surface area contributed by atoms with Gasteiger partial charge in [0.2, 0.25) is 0 Å². The van der Waals surface area contributed by atoms with Crippen molar-refractivity contribution < 1.29 is 4.79 Å². The lowest BCUT2D eigenvalue weighted by molar-refractivity contribution is 0.0975. The van der Waals surface area contributed by atoms with Crippen LogP contribution in [0.25, 0.3) is 5.69 Å². The Kier molecular flexibility index (Phi) is 4.56. The van der Waals surface area contributed by atoms with Crippen LogP contribution < -0.4 is 0 Å². The van der Waals surface area contributed by atoms with E-state index in [0.717, 1.165) is 0 Å². The molecule has 0 aliphatic heterocycles. The van der Waals surface area contributed by atoms with E-state index in [1.807, 2.05) is 6.07 Å². The van der Waals surface area contributed by atoms with Crippen LogP contribution in [0.1, 0.15) is 22.1 Å². The summed E-state index contributed by atoms with van der Waals surface area (Å²) in [5.41, 5.74) is 0.915. The predicted octanol–water partition coefficient (Wildman–Crippen LogP) is 3.46. The van der Waals surface area contributed by atoms with Crippen LogP contribution in [0, 0.1) is 11.3 Å². The van der Waals surface area contributed by atoms with Gasteiger partial charge in [0.25, 0.3) is 0 Å². The van der Waals surface area contributed by atoms with Crippen molar-refractivity contribution in [3.05, 3.63) is 70.0 Å². The number of ketones is 1. The second-order valence-corrected chi connectivity index (χ2v) is 5.73. The maximum Gasteiger partial charge on any atom is 0.187 e. The number of carbonyl (C=O) groups is 1. The van der Waals surface area contributed by atoms with Gasteiger partial charge in [0, 0.05) is 15.6 Å². The molecule has 1 heterocycles. The molecule has 0 N–H and O–H groups in total. The lowest BCUT2D eigenvalue weighted by Gasteiger charge is -2.09. The van der Waals surface area contributed by atoms with Gasteiger partial charge in [0.1, 0.15) is 0 Å². The van der Waals surface area contributed by atoms with Crippen molar-refractivity contribution in [2.45, 2.75) is 5.92 Å². The summed E-state index contributed by atoms with van der Waals surface area (Å²) >= 11 is 11.8. The highest BCUT2D eigenvalue weighted by Crippen LogP contribution is 2.23. The van der Waals surface area contributed by atoms with Gasteiger partial charge in [-0.3, -0.25) is 4.79 Å². The lowest BCUT2D eigenvalue weighted by atomic mass is 9.98. The number of hydrogen-bond acceptors (Lipinski definition) is 5. The third-order valence-corrected chi connectivity index (χ3v) is 3.81. The minimum atomic E-state index is -1.16. The number of Topliss-reactive ketones (excluding diaryl/α,β-unsaturated/α-hetero) is 1. The summed E-state index contributed by atoms with van der Waals surface area (Å²) in [6.07, 6.45) is 0. The van der Waals surface area contributed by atoms with Crippen LogP contribution in [0.4, 0.5) is 0 Å². The van der Waals surface area contributed by atoms with Crippen LogP contribution in [0.2, 0.25) is 10.0 Å². The zero-order valence-electron chi connectivity index (χ0n) is 12.1. The van der Waals surface area contributed by atoms with Crippen molar-refractivity contribution in [2.75, 3.05) is 0 Å². The Hall–Kier alpha value is -2.75. The summed E-state index contributed by atoms with van der Waals surface area (Å²) in [7, 11) is 0. The zero-order chi connectivity index (χ0) is 17.1. The number of carbonyl (C=O) groups excluding carboxylic acids is 1. The van der Waals surface area contributed by atoms with E-state index < -0.39 is 11.7 Å². The van der Waals surface area contributed by atoms with Crippen LogP contribution in [-0.4, -0.2) is 26.0 Å². The first-order valence-corrected chi connectivity index (χ1v) is 7.59. The van der Waals surface area contributed by atoms with E-state index in [2.05, 4.69) is 15.5 Å². The van der Waals surface area contributed by atoms with Crippen LogP contribution >= 0.6 is 23.2 Å². The molecule has 0 bridgehead atoms. The molecule has 3 aromatic rings. The van der Waals surface area contributed by atoms with Crippen LogP contribution in [0.5, 0.6) is 0 Å². The number of nitriles is 1. The molecule has 0 fully saturated rings. The Bertz CT molecular complexity index is 930. The van der Waals surface area contributed by atoms with Crippen molar-refractivity contribution in [1.82, 2.24) is 20.2 Å². The zero-order valence-corrected chi connectivity index (χ0v) is 13.6. The Morgan fingerprint density at radius 2 is 1.88 bits per heavy atom. The van der Waals surface area contributed by atoms with E-state index in [9.17, 15) is 10.1 Å². The van der Waals surface area contributed by atoms with E-state index in [-0.39, 0.29) is 5.82 Å². The summed E-state index contributed by atoms with van der Waals surface area (Å²) in [4.78, 5) is 12.7. The van der Waals surface area contributed by atoms with Crippen molar-refractivity contribution in [1.29, 1.82) is 5.26 Å². The highest BCUT2D eigenvalue weighted by molar-refractivity contribution is 6.31. The van der Waals surface area contributed by atoms with Gasteiger partial charge in [0.15, 0.2) is 17.5 Å². The fourth-order valence-electron chi connectivity index (χ4n) is 2.18. The standard InChI is InChI=1S/C16H9Cl2N5O/c17-11-4-6-13(7-5-11)23-16(20-21-22-23)14(9-19)15(24)10-2-1-3-12(18)8-10/h1-8,14H/t14-/m1/s1. The molecule has 2 aromatic carbocycles. The molecule has 0 amide bonds. The van der Waals surface area contributed by atoms with E-state index >= 15 is 0 Å². The molecular formula is C16H9Cl2N5O. The van der Waals surface area contributed by atoms with Crippen LogP contribution in [-0.2, 0) is 0 Å². The monoisotopic (exact) mass is 357 g/mol. The molecule has 6 nitrogen and oxygen atoms in total. The number of aromatic nitrogens is 4. The summed E-state index contributed by atoms with van der Waals surface area (Å²) < 4.78 is 1.34. The van der Waals surface area contributed by atoms with Gasteiger partial charge in [-0.2, -0.15) is 9.94 Å². The molecule has 0 saturated carbocycles. The summed E-state index contributed by atoms with van der Waals surface area (Å²) in [6, 6.07) is 15.1. The molecule has 1 aromatic heterocycles. The number of hydrogen-bond donors (Lipinski definition) is 0. The van der Waals surface area contributed by atoms with Gasteiger partial charge in [0.05, 0.1) is 11.8 Å². The van der Waals surface area contributed by atoms with E-state index in [0.29, 0.717) is 21.3 Å². The second kappa shape index (κ2) is 6.79. The second-order valence-electron chi connectivity index (χ2n) is 4.86. The number of tetrazole rings is 1. The molecule has 1 atom stereocenters. The van der Waals surface area contributed by atoms with Crippen molar-refractivity contribution in [2.24, 2.45) is 0 Å². The fourth-order valence-corrected chi connectivity index (χ4v) is 2.50. The number of rotatable bonds is 4. The van der Waals surface area contributed by atoms with Gasteiger partial charge in [-0.1, -0.05) is 35.3 Å². The molecule has 8 heteroatoms. The number of halogens is 2. The van der Waals surface area contributed by atoms with Gasteiger partial charge in [-0.15, -0.1) is 5.10 Å². The molecule has 3 rings (SSSR count). The minimum absolute atomic E-state index is 0.129. The van der Waals surface area contributed by atoms with E-state index in [4.69, 9.17) is 23.2 Å². The van der Waals surface area contributed by atoms with Crippen molar-refractivity contribution in [3.8, 4) is 11.8 Å². The van der Waals surface area contributed by atoms with E-state index in [1.54, 1.807) is 42.5 Å². The average molecular weight is 358 g/mol. The first kappa shape index (κ1) is 16.1. The van der Waals surface area contributed by atoms with Gasteiger partial charge in [-0.25, -0.2) is 0 Å². The van der Waals surface area contributed by atoms with Crippen LogP contribution in [0.15, 0.2) is 48.5 Å². The van der Waals surface area contributed by atoms with Crippen molar-refractivity contribution >= 4 is 29.0 Å². The molecule has 0 radical (unpaired) electrons. The normalized spacial score (nSPS) is 11.7. The lowest BCUT2D eigenvalue weighted by Crippen LogP contribution is -2.16. The van der Waals surface area contributed by atoms with Gasteiger partial charge >= 0.3 is 0 Å². The minimum Gasteiger partial charge on any atom is -0.292 e. The Morgan fingerprint density at radius 1 is 1.12 bits per heavy atom. The fraction of sp³-hybridized carbons (Fsp3) is 0.0625. The largest absolute Gasteiger partial charge is 0.292 e.